The third-order valence-corrected chi connectivity index (χ3v) is 3.99. The molecule has 0 unspecified atom stereocenters. The number of hydrogen-bond acceptors (Lipinski definition) is 3. The molecule has 94 valence electrons. The summed E-state index contributed by atoms with van der Waals surface area (Å²) in [5.74, 6) is 2.77. The van der Waals surface area contributed by atoms with Crippen molar-refractivity contribution in [3.05, 3.63) is 58.7 Å². The van der Waals surface area contributed by atoms with Gasteiger partial charge in [0.05, 0.1) is 0 Å². The average molecular weight is 279 g/mol. The number of halogens is 1. The number of nitrogens with one attached hydrogen (secondary N) is 1. The molecule has 1 heterocycles. The highest BCUT2D eigenvalue weighted by molar-refractivity contribution is 7.97. The Morgan fingerprint density at radius 2 is 2.00 bits per heavy atom. The average Bonchev–Trinajstić information content (AvgIpc) is 2.42. The number of rotatable bonds is 5. The molecule has 0 spiro atoms. The summed E-state index contributed by atoms with van der Waals surface area (Å²) >= 11 is 7.95. The van der Waals surface area contributed by atoms with Gasteiger partial charge in [-0.3, -0.25) is 0 Å². The van der Waals surface area contributed by atoms with Crippen molar-refractivity contribution in [1.29, 1.82) is 0 Å². The van der Waals surface area contributed by atoms with E-state index in [1.54, 1.807) is 0 Å². The zero-order valence-corrected chi connectivity index (χ0v) is 11.8. The standard InChI is InChI=1S/C14H15ClN2S/c1-16-14-7-6-11(8-17-14)9-18-10-12-4-2-3-5-13(12)15/h2-8H,9-10H2,1H3,(H,16,17). The molecule has 0 aliphatic heterocycles. The minimum Gasteiger partial charge on any atom is -0.373 e. The summed E-state index contributed by atoms with van der Waals surface area (Å²) in [4.78, 5) is 4.29. The number of benzene rings is 1. The van der Waals surface area contributed by atoms with Gasteiger partial charge < -0.3 is 5.32 Å². The van der Waals surface area contributed by atoms with Crippen LogP contribution in [0.15, 0.2) is 42.6 Å². The van der Waals surface area contributed by atoms with E-state index in [-0.39, 0.29) is 0 Å². The maximum atomic E-state index is 6.11. The van der Waals surface area contributed by atoms with Gasteiger partial charge in [0.1, 0.15) is 5.82 Å². The predicted octanol–water partition coefficient (Wildman–Crippen LogP) is 4.21. The van der Waals surface area contributed by atoms with Gasteiger partial charge in [-0.2, -0.15) is 11.8 Å². The Bertz CT molecular complexity index is 499. The SMILES string of the molecule is CNc1ccc(CSCc2ccccc2Cl)cn1. The highest BCUT2D eigenvalue weighted by Gasteiger charge is 2.00. The molecule has 0 bridgehead atoms. The molecular weight excluding hydrogens is 264 g/mol. The van der Waals surface area contributed by atoms with Crippen LogP contribution >= 0.6 is 23.4 Å². The first-order valence-corrected chi connectivity index (χ1v) is 7.26. The molecule has 18 heavy (non-hydrogen) atoms. The molecule has 0 aliphatic carbocycles. The van der Waals surface area contributed by atoms with Gasteiger partial charge in [0.25, 0.3) is 0 Å². The van der Waals surface area contributed by atoms with Gasteiger partial charge in [0.15, 0.2) is 0 Å². The van der Waals surface area contributed by atoms with Crippen molar-refractivity contribution in [3.63, 3.8) is 0 Å². The van der Waals surface area contributed by atoms with Gasteiger partial charge in [-0.1, -0.05) is 35.9 Å². The molecule has 0 saturated heterocycles. The molecule has 2 aromatic rings. The highest BCUT2D eigenvalue weighted by Crippen LogP contribution is 2.23. The van der Waals surface area contributed by atoms with Gasteiger partial charge >= 0.3 is 0 Å². The lowest BCUT2D eigenvalue weighted by Gasteiger charge is -2.05. The van der Waals surface area contributed by atoms with Crippen molar-refractivity contribution < 1.29 is 0 Å². The Labute approximate surface area is 117 Å². The Hall–Kier alpha value is -1.19. The maximum Gasteiger partial charge on any atom is 0.125 e. The monoisotopic (exact) mass is 278 g/mol. The Morgan fingerprint density at radius 1 is 1.17 bits per heavy atom. The molecule has 0 fully saturated rings. The van der Waals surface area contributed by atoms with Crippen LogP contribution in [0.25, 0.3) is 0 Å². The molecule has 0 saturated carbocycles. The Kier molecular flexibility index (Phi) is 4.90. The van der Waals surface area contributed by atoms with Crippen molar-refractivity contribution in [2.24, 2.45) is 0 Å². The molecular formula is C14H15ClN2S. The second kappa shape index (κ2) is 6.66. The lowest BCUT2D eigenvalue weighted by atomic mass is 10.2. The zero-order valence-electron chi connectivity index (χ0n) is 10.2. The van der Waals surface area contributed by atoms with Crippen molar-refractivity contribution in [3.8, 4) is 0 Å². The highest BCUT2D eigenvalue weighted by atomic mass is 35.5. The molecule has 0 radical (unpaired) electrons. The Balaban J connectivity index is 1.86. The van der Waals surface area contributed by atoms with Gasteiger partial charge in [-0.05, 0) is 23.3 Å². The zero-order chi connectivity index (χ0) is 12.8. The molecule has 2 nitrogen and oxygen atoms in total. The largest absolute Gasteiger partial charge is 0.373 e. The summed E-state index contributed by atoms with van der Waals surface area (Å²) in [6, 6.07) is 12.1. The third-order valence-electron chi connectivity index (χ3n) is 2.57. The van der Waals surface area contributed by atoms with E-state index < -0.39 is 0 Å². The molecule has 0 amide bonds. The van der Waals surface area contributed by atoms with E-state index in [0.29, 0.717) is 0 Å². The second-order valence-electron chi connectivity index (χ2n) is 3.89. The molecule has 2 rings (SSSR count). The smallest absolute Gasteiger partial charge is 0.125 e. The lowest BCUT2D eigenvalue weighted by molar-refractivity contribution is 1.23. The fraction of sp³-hybridized carbons (Fsp3) is 0.214. The number of nitrogens with zero attached hydrogens (tertiary/aromatic N) is 1. The molecule has 1 aromatic heterocycles. The van der Waals surface area contributed by atoms with Crippen LogP contribution < -0.4 is 5.32 Å². The van der Waals surface area contributed by atoms with Crippen molar-refractivity contribution >= 4 is 29.2 Å². The molecule has 1 N–H and O–H groups in total. The fourth-order valence-corrected chi connectivity index (χ4v) is 2.81. The summed E-state index contributed by atoms with van der Waals surface area (Å²) in [5.41, 5.74) is 2.41. The first-order chi connectivity index (χ1) is 8.79. The molecule has 0 atom stereocenters. The van der Waals surface area contributed by atoms with E-state index in [2.05, 4.69) is 22.4 Å². The first kappa shape index (κ1) is 13.2. The van der Waals surface area contributed by atoms with E-state index in [9.17, 15) is 0 Å². The first-order valence-electron chi connectivity index (χ1n) is 5.73. The quantitative estimate of drug-likeness (QED) is 0.887. The van der Waals surface area contributed by atoms with Gasteiger partial charge in [-0.25, -0.2) is 4.98 Å². The van der Waals surface area contributed by atoms with Crippen LogP contribution in [0.4, 0.5) is 5.82 Å². The Morgan fingerprint density at radius 3 is 2.67 bits per heavy atom. The third kappa shape index (κ3) is 3.65. The molecule has 1 aromatic carbocycles. The number of thioether (sulfide) groups is 1. The number of aromatic nitrogens is 1. The molecule has 0 aliphatic rings. The summed E-state index contributed by atoms with van der Waals surface area (Å²) in [5, 5.41) is 3.85. The van der Waals surface area contributed by atoms with E-state index in [4.69, 9.17) is 11.6 Å². The van der Waals surface area contributed by atoms with Crippen molar-refractivity contribution in [2.75, 3.05) is 12.4 Å². The maximum absolute atomic E-state index is 6.11. The van der Waals surface area contributed by atoms with E-state index in [1.165, 1.54) is 11.1 Å². The van der Waals surface area contributed by atoms with Crippen LogP contribution in [0, 0.1) is 0 Å². The van der Waals surface area contributed by atoms with E-state index in [0.717, 1.165) is 22.3 Å². The second-order valence-corrected chi connectivity index (χ2v) is 5.28. The van der Waals surface area contributed by atoms with Crippen LogP contribution in [0.3, 0.4) is 0 Å². The summed E-state index contributed by atoms with van der Waals surface area (Å²) in [7, 11) is 1.87. The van der Waals surface area contributed by atoms with Crippen LogP contribution in [0.2, 0.25) is 5.02 Å². The van der Waals surface area contributed by atoms with Crippen LogP contribution in [-0.2, 0) is 11.5 Å². The number of hydrogen-bond donors (Lipinski definition) is 1. The normalized spacial score (nSPS) is 10.3. The molecule has 4 heteroatoms. The number of anilines is 1. The minimum absolute atomic E-state index is 0.841. The summed E-state index contributed by atoms with van der Waals surface area (Å²) in [6.07, 6.45) is 1.91. The summed E-state index contributed by atoms with van der Waals surface area (Å²) < 4.78 is 0. The van der Waals surface area contributed by atoms with Crippen LogP contribution in [0.1, 0.15) is 11.1 Å². The van der Waals surface area contributed by atoms with E-state index >= 15 is 0 Å². The van der Waals surface area contributed by atoms with E-state index in [1.807, 2.05) is 49.3 Å². The fourth-order valence-electron chi connectivity index (χ4n) is 1.55. The van der Waals surface area contributed by atoms with Crippen LogP contribution in [-0.4, -0.2) is 12.0 Å². The predicted molar refractivity (Wildman–Crippen MR) is 80.2 cm³/mol. The van der Waals surface area contributed by atoms with Gasteiger partial charge in [0.2, 0.25) is 0 Å². The topological polar surface area (TPSA) is 24.9 Å². The van der Waals surface area contributed by atoms with Crippen molar-refractivity contribution in [1.82, 2.24) is 4.98 Å². The van der Waals surface area contributed by atoms with Gasteiger partial charge in [0, 0.05) is 29.8 Å². The van der Waals surface area contributed by atoms with Crippen molar-refractivity contribution in [2.45, 2.75) is 11.5 Å². The lowest BCUT2D eigenvalue weighted by Crippen LogP contribution is -1.92. The number of pyridine rings is 1. The summed E-state index contributed by atoms with van der Waals surface area (Å²) in [6.45, 7) is 0. The van der Waals surface area contributed by atoms with Crippen LogP contribution in [0.5, 0.6) is 0 Å². The van der Waals surface area contributed by atoms with Gasteiger partial charge in [-0.15, -0.1) is 0 Å². The minimum atomic E-state index is 0.841.